The zero-order chi connectivity index (χ0) is 13.2. The molecule has 0 amide bonds. The van der Waals surface area contributed by atoms with E-state index in [1.807, 2.05) is 12.1 Å². The van der Waals surface area contributed by atoms with E-state index < -0.39 is 0 Å². The highest BCUT2D eigenvalue weighted by atomic mass is 19.1. The summed E-state index contributed by atoms with van der Waals surface area (Å²) in [6, 6.07) is 12.4. The summed E-state index contributed by atoms with van der Waals surface area (Å²) in [7, 11) is 0. The molecule has 1 aliphatic carbocycles. The highest BCUT2D eigenvalue weighted by Crippen LogP contribution is 2.37. The van der Waals surface area contributed by atoms with Gasteiger partial charge in [0, 0.05) is 5.56 Å². The average Bonchev–Trinajstić information content (AvgIpc) is 2.37. The molecular weight excluding hydrogens is 239 g/mol. The van der Waals surface area contributed by atoms with Crippen LogP contribution in [0.1, 0.15) is 41.1 Å². The maximum absolute atomic E-state index is 13.3. The third kappa shape index (κ3) is 2.30. The Balaban J connectivity index is 1.97. The van der Waals surface area contributed by atoms with Gasteiger partial charge < -0.3 is 0 Å². The van der Waals surface area contributed by atoms with Crippen LogP contribution in [0.25, 0.3) is 11.1 Å². The Labute approximate surface area is 112 Å². The fourth-order valence-corrected chi connectivity index (χ4v) is 2.56. The number of benzene rings is 2. The van der Waals surface area contributed by atoms with E-state index in [0.29, 0.717) is 17.0 Å². The first-order valence-electron chi connectivity index (χ1n) is 6.63. The van der Waals surface area contributed by atoms with Gasteiger partial charge in [0.15, 0.2) is 6.29 Å². The predicted octanol–water partition coefficient (Wildman–Crippen LogP) is 4.57. The lowest BCUT2D eigenvalue weighted by molar-refractivity contribution is 0.112. The Bertz CT molecular complexity index is 597. The van der Waals surface area contributed by atoms with E-state index in [1.165, 1.54) is 43.0 Å². The van der Waals surface area contributed by atoms with Crippen molar-refractivity contribution in [1.29, 1.82) is 0 Å². The number of rotatable bonds is 3. The average molecular weight is 254 g/mol. The van der Waals surface area contributed by atoms with E-state index in [9.17, 15) is 9.18 Å². The zero-order valence-corrected chi connectivity index (χ0v) is 10.6. The molecule has 1 aliphatic rings. The second kappa shape index (κ2) is 4.96. The Morgan fingerprint density at radius 1 is 1.05 bits per heavy atom. The van der Waals surface area contributed by atoms with Gasteiger partial charge in [-0.25, -0.2) is 4.39 Å². The third-order valence-corrected chi connectivity index (χ3v) is 3.94. The van der Waals surface area contributed by atoms with E-state index in [0.717, 1.165) is 11.8 Å². The first-order chi connectivity index (χ1) is 9.28. The van der Waals surface area contributed by atoms with Gasteiger partial charge in [-0.15, -0.1) is 0 Å². The van der Waals surface area contributed by atoms with Crippen molar-refractivity contribution in [2.75, 3.05) is 0 Å². The summed E-state index contributed by atoms with van der Waals surface area (Å²) in [4.78, 5) is 11.0. The topological polar surface area (TPSA) is 17.1 Å². The summed E-state index contributed by atoms with van der Waals surface area (Å²) in [5, 5.41) is 0. The van der Waals surface area contributed by atoms with Gasteiger partial charge in [0.05, 0.1) is 0 Å². The fourth-order valence-electron chi connectivity index (χ4n) is 2.56. The van der Waals surface area contributed by atoms with Gasteiger partial charge in [-0.1, -0.05) is 30.7 Å². The number of aldehydes is 1. The summed E-state index contributed by atoms with van der Waals surface area (Å²) < 4.78 is 13.3. The Kier molecular flexibility index (Phi) is 3.16. The molecule has 0 aliphatic heterocycles. The van der Waals surface area contributed by atoms with Crippen LogP contribution in [0.2, 0.25) is 0 Å². The van der Waals surface area contributed by atoms with Gasteiger partial charge in [0.1, 0.15) is 5.82 Å². The molecule has 96 valence electrons. The molecular formula is C17H15FO. The van der Waals surface area contributed by atoms with Crippen molar-refractivity contribution in [3.05, 3.63) is 59.4 Å². The molecule has 0 radical (unpaired) electrons. The van der Waals surface area contributed by atoms with Gasteiger partial charge in [-0.3, -0.25) is 4.79 Å². The normalized spacial score (nSPS) is 15.0. The van der Waals surface area contributed by atoms with Crippen LogP contribution in [-0.4, -0.2) is 6.29 Å². The molecule has 2 aromatic rings. The van der Waals surface area contributed by atoms with E-state index in [1.54, 1.807) is 0 Å². The first-order valence-corrected chi connectivity index (χ1v) is 6.63. The molecule has 0 atom stereocenters. The van der Waals surface area contributed by atoms with Crippen molar-refractivity contribution in [2.24, 2.45) is 0 Å². The monoisotopic (exact) mass is 254 g/mol. The van der Waals surface area contributed by atoms with Gasteiger partial charge in [0.25, 0.3) is 0 Å². The maximum Gasteiger partial charge on any atom is 0.150 e. The smallest absolute Gasteiger partial charge is 0.150 e. The summed E-state index contributed by atoms with van der Waals surface area (Å²) >= 11 is 0. The number of carbonyl (C=O) groups is 1. The van der Waals surface area contributed by atoms with Crippen LogP contribution in [0.15, 0.2) is 42.5 Å². The lowest BCUT2D eigenvalue weighted by Gasteiger charge is -2.25. The fraction of sp³-hybridized carbons (Fsp3) is 0.235. The van der Waals surface area contributed by atoms with Gasteiger partial charge in [0.2, 0.25) is 0 Å². The molecule has 1 nitrogen and oxygen atoms in total. The number of carbonyl (C=O) groups excluding carboxylic acids is 1. The van der Waals surface area contributed by atoms with E-state index >= 15 is 0 Å². The third-order valence-electron chi connectivity index (χ3n) is 3.94. The second-order valence-corrected chi connectivity index (χ2v) is 5.10. The molecule has 1 fully saturated rings. The molecule has 2 aromatic carbocycles. The van der Waals surface area contributed by atoms with E-state index in [2.05, 4.69) is 12.1 Å². The minimum absolute atomic E-state index is 0.316. The summed E-state index contributed by atoms with van der Waals surface area (Å²) in [6.07, 6.45) is 4.61. The van der Waals surface area contributed by atoms with Gasteiger partial charge in [-0.05, 0) is 53.6 Å². The standard InChI is InChI=1S/C17H15FO/c18-16-9-8-15(11-19)17(10-16)14-6-4-13(5-7-14)12-2-1-3-12/h4-12H,1-3H2. The van der Waals surface area contributed by atoms with Crippen molar-refractivity contribution in [3.63, 3.8) is 0 Å². The summed E-state index contributed by atoms with van der Waals surface area (Å²) in [6.45, 7) is 0. The molecule has 3 rings (SSSR count). The highest BCUT2D eigenvalue weighted by Gasteiger charge is 2.19. The van der Waals surface area contributed by atoms with Gasteiger partial charge in [-0.2, -0.15) is 0 Å². The number of hydrogen-bond donors (Lipinski definition) is 0. The van der Waals surface area contributed by atoms with Gasteiger partial charge >= 0.3 is 0 Å². The molecule has 0 aromatic heterocycles. The van der Waals surface area contributed by atoms with Crippen LogP contribution in [0.4, 0.5) is 4.39 Å². The zero-order valence-electron chi connectivity index (χ0n) is 10.6. The van der Waals surface area contributed by atoms with Crippen LogP contribution < -0.4 is 0 Å². The van der Waals surface area contributed by atoms with Crippen LogP contribution in [0.5, 0.6) is 0 Å². The van der Waals surface area contributed by atoms with Crippen LogP contribution >= 0.6 is 0 Å². The minimum Gasteiger partial charge on any atom is -0.298 e. The predicted molar refractivity (Wildman–Crippen MR) is 73.8 cm³/mol. The van der Waals surface area contributed by atoms with Crippen LogP contribution in [-0.2, 0) is 0 Å². The molecule has 0 bridgehead atoms. The molecule has 0 saturated heterocycles. The molecule has 0 heterocycles. The molecule has 0 spiro atoms. The Morgan fingerprint density at radius 3 is 2.37 bits per heavy atom. The number of hydrogen-bond acceptors (Lipinski definition) is 1. The molecule has 2 heteroatoms. The highest BCUT2D eigenvalue weighted by molar-refractivity contribution is 5.87. The van der Waals surface area contributed by atoms with Crippen molar-refractivity contribution < 1.29 is 9.18 Å². The maximum atomic E-state index is 13.3. The molecule has 0 N–H and O–H groups in total. The second-order valence-electron chi connectivity index (χ2n) is 5.10. The Hall–Kier alpha value is -1.96. The lowest BCUT2D eigenvalue weighted by Crippen LogP contribution is -2.08. The molecule has 19 heavy (non-hydrogen) atoms. The van der Waals surface area contributed by atoms with E-state index in [-0.39, 0.29) is 5.82 Å². The molecule has 1 saturated carbocycles. The van der Waals surface area contributed by atoms with Crippen LogP contribution in [0, 0.1) is 5.82 Å². The first kappa shape index (κ1) is 12.1. The quantitative estimate of drug-likeness (QED) is 0.733. The molecule has 0 unspecified atom stereocenters. The lowest BCUT2D eigenvalue weighted by atomic mass is 9.80. The summed E-state index contributed by atoms with van der Waals surface area (Å²) in [5.41, 5.74) is 3.43. The largest absolute Gasteiger partial charge is 0.298 e. The van der Waals surface area contributed by atoms with Crippen molar-refractivity contribution in [1.82, 2.24) is 0 Å². The van der Waals surface area contributed by atoms with Crippen molar-refractivity contribution >= 4 is 6.29 Å². The minimum atomic E-state index is -0.316. The number of halogens is 1. The summed E-state index contributed by atoms with van der Waals surface area (Å²) in [5.74, 6) is 0.371. The Morgan fingerprint density at radius 2 is 1.79 bits per heavy atom. The SMILES string of the molecule is O=Cc1ccc(F)cc1-c1ccc(C2CCC2)cc1. The van der Waals surface area contributed by atoms with Crippen molar-refractivity contribution in [3.8, 4) is 11.1 Å². The van der Waals surface area contributed by atoms with Crippen molar-refractivity contribution in [2.45, 2.75) is 25.2 Å². The van der Waals surface area contributed by atoms with Crippen LogP contribution in [0.3, 0.4) is 0 Å². The van der Waals surface area contributed by atoms with E-state index in [4.69, 9.17) is 0 Å².